The zero-order chi connectivity index (χ0) is 21.1. The minimum absolute atomic E-state index is 0.103. The van der Waals surface area contributed by atoms with Crippen LogP contribution in [-0.2, 0) is 6.42 Å². The first kappa shape index (κ1) is 20.4. The largest absolute Gasteiger partial charge is 0.494 e. The Bertz CT molecular complexity index is 1050. The van der Waals surface area contributed by atoms with Gasteiger partial charge in [0.05, 0.1) is 18.8 Å². The second-order valence-corrected chi connectivity index (χ2v) is 6.84. The van der Waals surface area contributed by atoms with Crippen LogP contribution in [0.3, 0.4) is 0 Å². The van der Waals surface area contributed by atoms with E-state index in [-0.39, 0.29) is 11.7 Å². The monoisotopic (exact) mass is 403 g/mol. The van der Waals surface area contributed by atoms with Crippen molar-refractivity contribution in [1.82, 2.24) is 29.5 Å². The molecule has 0 spiro atoms. The van der Waals surface area contributed by atoms with Crippen molar-refractivity contribution in [2.24, 2.45) is 11.6 Å². The van der Waals surface area contributed by atoms with Crippen LogP contribution in [0.25, 0.3) is 16.6 Å². The first-order chi connectivity index (χ1) is 13.8. The number of nitrogens with two attached hydrogens (primary N) is 3. The summed E-state index contributed by atoms with van der Waals surface area (Å²) >= 11 is 0. The van der Waals surface area contributed by atoms with E-state index in [0.29, 0.717) is 34.6 Å². The molecule has 0 saturated carbocycles. The third-order valence-corrected chi connectivity index (χ3v) is 4.53. The fraction of sp³-hybridized carbons (Fsp3) is 0.389. The zero-order valence-electron chi connectivity index (χ0n) is 16.8. The molecule has 0 aliphatic rings. The Morgan fingerprint density at radius 2 is 2.03 bits per heavy atom. The molecule has 0 radical (unpaired) electrons. The summed E-state index contributed by atoms with van der Waals surface area (Å²) in [5.41, 5.74) is 12.9. The van der Waals surface area contributed by atoms with Gasteiger partial charge in [0.25, 0.3) is 0 Å². The van der Waals surface area contributed by atoms with Crippen molar-refractivity contribution in [3.8, 4) is 5.75 Å². The minimum atomic E-state index is -0.491. The quantitative estimate of drug-likeness (QED) is 0.284. The third kappa shape index (κ3) is 4.40. The molecule has 0 aliphatic carbocycles. The molecule has 0 unspecified atom stereocenters. The predicted octanol–water partition coefficient (Wildman–Crippen LogP) is 0.825. The van der Waals surface area contributed by atoms with E-state index >= 15 is 0 Å². The van der Waals surface area contributed by atoms with Gasteiger partial charge >= 0.3 is 0 Å². The number of hydrogen-bond donors (Lipinski definition) is 3. The first-order valence-corrected chi connectivity index (χ1v) is 9.14. The molecular weight excluding hydrogens is 377 g/mol. The first-order valence-electron chi connectivity index (χ1n) is 9.14. The van der Waals surface area contributed by atoms with E-state index in [1.165, 1.54) is 28.8 Å². The molecule has 11 heteroatoms. The Kier molecular flexibility index (Phi) is 5.87. The molecule has 0 atom stereocenters. The number of fused-ring (bicyclic) bond motifs is 3. The van der Waals surface area contributed by atoms with Crippen LogP contribution in [0.15, 0.2) is 24.2 Å². The third-order valence-electron chi connectivity index (χ3n) is 4.53. The molecule has 0 aliphatic heterocycles. The molecule has 6 N–H and O–H groups in total. The van der Waals surface area contributed by atoms with E-state index in [1.54, 1.807) is 13.2 Å². The van der Waals surface area contributed by atoms with Gasteiger partial charge in [0.1, 0.15) is 5.82 Å². The number of unbranched alkanes of at least 4 members (excludes halogenated alkanes) is 1. The van der Waals surface area contributed by atoms with E-state index < -0.39 is 5.82 Å². The number of benzene rings is 1. The standard InChI is InChI=1S/C18H26FN9O/c1-26(15(20)10-27(2)22)7-5-4-6-16-24-17-11-8-12(19)14(29-3)9-13(11)23-18(21)28(17)25-16/h8-10H,4-7,20,22H2,1-3H3,(H2,21,23)/b15-10+. The fourth-order valence-electron chi connectivity index (χ4n) is 3.00. The van der Waals surface area contributed by atoms with Gasteiger partial charge in [0, 0.05) is 38.5 Å². The number of halogens is 1. The van der Waals surface area contributed by atoms with Crippen molar-refractivity contribution in [1.29, 1.82) is 0 Å². The molecule has 3 rings (SSSR count). The number of rotatable bonds is 8. The van der Waals surface area contributed by atoms with Gasteiger partial charge in [0.15, 0.2) is 23.0 Å². The lowest BCUT2D eigenvalue weighted by molar-refractivity contribution is 0.375. The minimum Gasteiger partial charge on any atom is -0.494 e. The van der Waals surface area contributed by atoms with Gasteiger partial charge in [-0.05, 0) is 18.9 Å². The Morgan fingerprint density at radius 1 is 1.28 bits per heavy atom. The second-order valence-electron chi connectivity index (χ2n) is 6.84. The van der Waals surface area contributed by atoms with Crippen LogP contribution in [0.4, 0.5) is 10.3 Å². The number of methoxy groups -OCH3 is 1. The van der Waals surface area contributed by atoms with Crippen LogP contribution in [0.2, 0.25) is 0 Å². The van der Waals surface area contributed by atoms with Crippen LogP contribution in [0.1, 0.15) is 18.7 Å². The Hall–Kier alpha value is -3.34. The van der Waals surface area contributed by atoms with E-state index in [9.17, 15) is 4.39 Å². The van der Waals surface area contributed by atoms with E-state index in [2.05, 4.69) is 15.1 Å². The van der Waals surface area contributed by atoms with Gasteiger partial charge in [-0.2, -0.15) is 4.52 Å². The highest BCUT2D eigenvalue weighted by Crippen LogP contribution is 2.27. The molecule has 2 heterocycles. The molecule has 1 aromatic carbocycles. The van der Waals surface area contributed by atoms with Gasteiger partial charge in [-0.15, -0.1) is 5.10 Å². The summed E-state index contributed by atoms with van der Waals surface area (Å²) in [5, 5.41) is 6.36. The maximum atomic E-state index is 14.2. The fourth-order valence-corrected chi connectivity index (χ4v) is 3.00. The number of aryl methyl sites for hydroxylation is 1. The number of aromatic nitrogens is 4. The summed E-state index contributed by atoms with van der Waals surface area (Å²) in [6.07, 6.45) is 4.03. The number of anilines is 1. The van der Waals surface area contributed by atoms with Gasteiger partial charge in [-0.3, -0.25) is 0 Å². The number of nitrogens with zero attached hydrogens (tertiary/aromatic N) is 6. The zero-order valence-corrected chi connectivity index (χ0v) is 16.8. The molecule has 29 heavy (non-hydrogen) atoms. The van der Waals surface area contributed by atoms with Crippen LogP contribution in [0, 0.1) is 5.82 Å². The molecular formula is C18H26FN9O. The SMILES string of the molecule is COc1cc2nc(N)n3nc(CCCCN(C)/C(N)=C/N(C)N)nc3c2cc1F. The molecule has 2 aromatic heterocycles. The lowest BCUT2D eigenvalue weighted by Gasteiger charge is -2.20. The molecule has 10 nitrogen and oxygen atoms in total. The van der Waals surface area contributed by atoms with Crippen LogP contribution >= 0.6 is 0 Å². The molecule has 156 valence electrons. The van der Waals surface area contributed by atoms with Gasteiger partial charge < -0.3 is 26.1 Å². The summed E-state index contributed by atoms with van der Waals surface area (Å²) in [6, 6.07) is 2.84. The molecule has 0 amide bonds. The maximum absolute atomic E-state index is 14.2. The number of hydrazine groups is 1. The van der Waals surface area contributed by atoms with Gasteiger partial charge in [-0.1, -0.05) is 0 Å². The molecule has 0 fully saturated rings. The van der Waals surface area contributed by atoms with Gasteiger partial charge in [0.2, 0.25) is 5.95 Å². The number of hydrogen-bond acceptors (Lipinski definition) is 9. The lowest BCUT2D eigenvalue weighted by atomic mass is 10.2. The van der Waals surface area contributed by atoms with E-state index in [4.69, 9.17) is 22.0 Å². The summed E-state index contributed by atoms with van der Waals surface area (Å²) in [7, 11) is 5.01. The predicted molar refractivity (Wildman–Crippen MR) is 109 cm³/mol. The molecule has 0 bridgehead atoms. The highest BCUT2D eigenvalue weighted by atomic mass is 19.1. The molecule has 0 saturated heterocycles. The van der Waals surface area contributed by atoms with Crippen LogP contribution in [0.5, 0.6) is 5.75 Å². The topological polar surface area (TPSA) is 137 Å². The normalized spacial score (nSPS) is 12.0. The van der Waals surface area contributed by atoms with Crippen LogP contribution in [-0.4, -0.2) is 57.2 Å². The summed E-state index contributed by atoms with van der Waals surface area (Å²) in [5.74, 6) is 6.57. The van der Waals surface area contributed by atoms with Crippen molar-refractivity contribution in [2.45, 2.75) is 19.3 Å². The van der Waals surface area contributed by atoms with Crippen molar-refractivity contribution >= 4 is 22.5 Å². The number of ether oxygens (including phenoxy) is 1. The second kappa shape index (κ2) is 8.35. The Labute approximate surface area is 167 Å². The van der Waals surface area contributed by atoms with E-state index in [1.807, 2.05) is 11.9 Å². The maximum Gasteiger partial charge on any atom is 0.223 e. The smallest absolute Gasteiger partial charge is 0.223 e. The summed E-state index contributed by atoms with van der Waals surface area (Å²) in [6.45, 7) is 0.765. The average Bonchev–Trinajstić information content (AvgIpc) is 3.10. The summed E-state index contributed by atoms with van der Waals surface area (Å²) < 4.78 is 20.6. The highest BCUT2D eigenvalue weighted by Gasteiger charge is 2.15. The summed E-state index contributed by atoms with van der Waals surface area (Å²) in [4.78, 5) is 10.7. The van der Waals surface area contributed by atoms with Gasteiger partial charge in [-0.25, -0.2) is 20.2 Å². The van der Waals surface area contributed by atoms with Crippen molar-refractivity contribution < 1.29 is 9.13 Å². The highest BCUT2D eigenvalue weighted by molar-refractivity contribution is 5.93. The lowest BCUT2D eigenvalue weighted by Crippen LogP contribution is -2.29. The van der Waals surface area contributed by atoms with Crippen LogP contribution < -0.4 is 22.0 Å². The Morgan fingerprint density at radius 3 is 2.72 bits per heavy atom. The number of nitrogen functional groups attached to an aromatic ring is 1. The van der Waals surface area contributed by atoms with Crippen molar-refractivity contribution in [3.05, 3.63) is 35.8 Å². The Balaban J connectivity index is 1.74. The van der Waals surface area contributed by atoms with Crippen molar-refractivity contribution in [3.63, 3.8) is 0 Å². The van der Waals surface area contributed by atoms with Crippen molar-refractivity contribution in [2.75, 3.05) is 33.5 Å². The molecule has 3 aromatic rings. The average molecular weight is 403 g/mol. The van der Waals surface area contributed by atoms with E-state index in [0.717, 1.165) is 19.4 Å².